The lowest BCUT2D eigenvalue weighted by atomic mass is 10.1. The first-order valence-electron chi connectivity index (χ1n) is 10.7. The highest BCUT2D eigenvalue weighted by Crippen LogP contribution is 2.31. The number of nitrogens with two attached hydrogens (primary N) is 1. The molecule has 1 saturated heterocycles. The summed E-state index contributed by atoms with van der Waals surface area (Å²) in [6, 6.07) is 4.95. The number of benzene rings is 1. The summed E-state index contributed by atoms with van der Waals surface area (Å²) in [4.78, 5) is 48.5. The molecule has 14 nitrogen and oxygen atoms in total. The molecule has 0 radical (unpaired) electrons. The van der Waals surface area contributed by atoms with E-state index in [2.05, 4.69) is 30.9 Å². The van der Waals surface area contributed by atoms with E-state index < -0.39 is 42.8 Å². The molecule has 4 atom stereocenters. The largest absolute Gasteiger partial charge is 0.387 e. The smallest absolute Gasteiger partial charge is 0.251 e. The second-order valence-corrected chi connectivity index (χ2v) is 8.17. The number of amides is 3. The van der Waals surface area contributed by atoms with Crippen LogP contribution in [0.2, 0.25) is 0 Å². The van der Waals surface area contributed by atoms with Crippen LogP contribution in [0.4, 0.5) is 11.5 Å². The zero-order valence-corrected chi connectivity index (χ0v) is 18.2. The maximum atomic E-state index is 12.3. The minimum Gasteiger partial charge on any atom is -0.387 e. The van der Waals surface area contributed by atoms with Gasteiger partial charge in [0.1, 0.15) is 36.6 Å². The molecular formula is C21H22N8O6. The minimum absolute atomic E-state index is 0.149. The number of hydrogen-bond donors (Lipinski definition) is 6. The Morgan fingerprint density at radius 1 is 1.20 bits per heavy atom. The molecule has 182 valence electrons. The number of imidazole rings is 1. The third-order valence-corrected chi connectivity index (χ3v) is 5.94. The molecule has 2 aliphatic rings. The van der Waals surface area contributed by atoms with Gasteiger partial charge in [-0.25, -0.2) is 15.0 Å². The van der Waals surface area contributed by atoms with Gasteiger partial charge in [-0.2, -0.15) is 0 Å². The maximum Gasteiger partial charge on any atom is 0.251 e. The third kappa shape index (κ3) is 4.14. The van der Waals surface area contributed by atoms with Crippen molar-refractivity contribution >= 4 is 40.4 Å². The first kappa shape index (κ1) is 22.6. The Morgan fingerprint density at radius 3 is 2.86 bits per heavy atom. The van der Waals surface area contributed by atoms with Gasteiger partial charge in [0.15, 0.2) is 17.7 Å². The summed E-state index contributed by atoms with van der Waals surface area (Å²) in [7, 11) is 0. The van der Waals surface area contributed by atoms with Gasteiger partial charge in [-0.05, 0) is 12.1 Å². The molecule has 1 fully saturated rings. The average molecular weight is 482 g/mol. The molecule has 35 heavy (non-hydrogen) atoms. The number of rotatable bonds is 6. The van der Waals surface area contributed by atoms with Crippen LogP contribution in [-0.2, 0) is 20.9 Å². The SMILES string of the molecule is Nc1ncnc2c1ncn2[C@@H]1O[C@H](CNC(=O)CC(=O)Nc2cccc3c2CNC3=O)[C@@H](O)[C@H]1O. The number of nitrogen functional groups attached to an aromatic ring is 1. The van der Waals surface area contributed by atoms with E-state index >= 15 is 0 Å². The van der Waals surface area contributed by atoms with Crippen LogP contribution in [-0.4, -0.2) is 72.3 Å². The van der Waals surface area contributed by atoms with Crippen LogP contribution in [0.25, 0.3) is 11.2 Å². The van der Waals surface area contributed by atoms with E-state index in [9.17, 15) is 24.6 Å². The van der Waals surface area contributed by atoms with Crippen molar-refractivity contribution in [2.45, 2.75) is 37.5 Å². The Bertz CT molecular complexity index is 1330. The highest BCUT2D eigenvalue weighted by molar-refractivity contribution is 6.06. The number of aliphatic hydroxyl groups is 2. The fourth-order valence-corrected chi connectivity index (χ4v) is 4.17. The molecule has 3 amide bonds. The number of ether oxygens (including phenoxy) is 1. The zero-order chi connectivity index (χ0) is 24.7. The number of carbonyl (C=O) groups excluding carboxylic acids is 3. The van der Waals surface area contributed by atoms with Crippen LogP contribution >= 0.6 is 0 Å². The highest BCUT2D eigenvalue weighted by Gasteiger charge is 2.44. The lowest BCUT2D eigenvalue weighted by molar-refractivity contribution is -0.127. The lowest BCUT2D eigenvalue weighted by Crippen LogP contribution is -2.40. The van der Waals surface area contributed by atoms with Gasteiger partial charge in [0, 0.05) is 29.9 Å². The summed E-state index contributed by atoms with van der Waals surface area (Å²) in [5, 5.41) is 28.8. The highest BCUT2D eigenvalue weighted by atomic mass is 16.6. The van der Waals surface area contributed by atoms with E-state index in [-0.39, 0.29) is 18.3 Å². The molecule has 0 saturated carbocycles. The number of anilines is 2. The summed E-state index contributed by atoms with van der Waals surface area (Å²) in [6.07, 6.45) is -2.49. The Labute approximate surface area is 197 Å². The number of nitrogens with zero attached hydrogens (tertiary/aromatic N) is 4. The molecule has 0 unspecified atom stereocenters. The summed E-state index contributed by atoms with van der Waals surface area (Å²) < 4.78 is 7.18. The maximum absolute atomic E-state index is 12.3. The van der Waals surface area contributed by atoms with Gasteiger partial charge in [0.05, 0.1) is 6.33 Å². The zero-order valence-electron chi connectivity index (χ0n) is 18.2. The average Bonchev–Trinajstić information content (AvgIpc) is 3.50. The first-order chi connectivity index (χ1) is 16.8. The Balaban J connectivity index is 1.18. The molecule has 2 aromatic heterocycles. The molecule has 14 heteroatoms. The molecule has 0 aliphatic carbocycles. The number of hydrogen-bond acceptors (Lipinski definition) is 10. The quantitative estimate of drug-likeness (QED) is 0.222. The fraction of sp³-hybridized carbons (Fsp3) is 0.333. The van der Waals surface area contributed by atoms with Gasteiger partial charge < -0.3 is 36.6 Å². The van der Waals surface area contributed by atoms with Crippen molar-refractivity contribution in [3.05, 3.63) is 42.0 Å². The molecule has 1 aromatic carbocycles. The number of aromatic nitrogens is 4. The standard InChI is InChI=1S/C21H22N8O6/c22-18-15-19(26-7-25-18)29(8-27-15)21-17(33)16(32)12(35-21)6-23-13(30)4-14(31)28-11-3-1-2-9-10(11)5-24-20(9)34/h1-3,7-8,12,16-17,21,32-33H,4-6H2,(H,23,30)(H,24,34)(H,28,31)(H2,22,25,26)/t12-,16-,17-,21-/m1/s1. The fourth-order valence-electron chi connectivity index (χ4n) is 4.17. The van der Waals surface area contributed by atoms with Gasteiger partial charge >= 0.3 is 0 Å². The van der Waals surface area contributed by atoms with Crippen LogP contribution in [0.3, 0.4) is 0 Å². The number of fused-ring (bicyclic) bond motifs is 2. The Kier molecular flexibility index (Phi) is 5.76. The van der Waals surface area contributed by atoms with E-state index in [0.717, 1.165) is 0 Å². The van der Waals surface area contributed by atoms with Gasteiger partial charge in [0.2, 0.25) is 11.8 Å². The second kappa shape index (κ2) is 8.90. The number of aliphatic hydroxyl groups excluding tert-OH is 2. The first-order valence-corrected chi connectivity index (χ1v) is 10.7. The van der Waals surface area contributed by atoms with Crippen LogP contribution in [0, 0.1) is 0 Å². The van der Waals surface area contributed by atoms with Crippen molar-refractivity contribution in [2.75, 3.05) is 17.6 Å². The predicted octanol–water partition coefficient (Wildman–Crippen LogP) is -1.58. The van der Waals surface area contributed by atoms with Crippen LogP contribution in [0.5, 0.6) is 0 Å². The van der Waals surface area contributed by atoms with Crippen molar-refractivity contribution < 1.29 is 29.3 Å². The molecule has 0 spiro atoms. The second-order valence-electron chi connectivity index (χ2n) is 8.17. The summed E-state index contributed by atoms with van der Waals surface area (Å²) in [5.41, 5.74) is 8.02. The van der Waals surface area contributed by atoms with E-state index in [0.29, 0.717) is 34.5 Å². The summed E-state index contributed by atoms with van der Waals surface area (Å²) >= 11 is 0. The monoisotopic (exact) mass is 482 g/mol. The van der Waals surface area contributed by atoms with Crippen molar-refractivity contribution in [3.63, 3.8) is 0 Å². The summed E-state index contributed by atoms with van der Waals surface area (Å²) in [6.45, 7) is 0.145. The van der Waals surface area contributed by atoms with Gasteiger partial charge in [-0.15, -0.1) is 0 Å². The van der Waals surface area contributed by atoms with E-state index in [4.69, 9.17) is 10.5 Å². The molecular weight excluding hydrogens is 460 g/mol. The topological polar surface area (TPSA) is 207 Å². The van der Waals surface area contributed by atoms with Gasteiger partial charge in [0.25, 0.3) is 5.91 Å². The third-order valence-electron chi connectivity index (χ3n) is 5.94. The molecule has 7 N–H and O–H groups in total. The van der Waals surface area contributed by atoms with E-state index in [1.54, 1.807) is 18.2 Å². The number of carbonyl (C=O) groups is 3. The van der Waals surface area contributed by atoms with Gasteiger partial charge in [-0.1, -0.05) is 6.07 Å². The van der Waals surface area contributed by atoms with Crippen molar-refractivity contribution in [3.8, 4) is 0 Å². The summed E-state index contributed by atoms with van der Waals surface area (Å²) in [5.74, 6) is -1.23. The Hall–Kier alpha value is -4.14. The van der Waals surface area contributed by atoms with Crippen LogP contribution < -0.4 is 21.7 Å². The number of nitrogens with one attached hydrogen (secondary N) is 3. The molecule has 4 heterocycles. The van der Waals surface area contributed by atoms with Crippen molar-refractivity contribution in [2.24, 2.45) is 0 Å². The van der Waals surface area contributed by atoms with E-state index in [1.165, 1.54) is 17.2 Å². The van der Waals surface area contributed by atoms with Gasteiger partial charge in [-0.3, -0.25) is 19.0 Å². The predicted molar refractivity (Wildman–Crippen MR) is 120 cm³/mol. The molecule has 0 bridgehead atoms. The minimum atomic E-state index is -1.33. The molecule has 3 aromatic rings. The van der Waals surface area contributed by atoms with Crippen molar-refractivity contribution in [1.82, 2.24) is 30.2 Å². The van der Waals surface area contributed by atoms with Crippen LogP contribution in [0.15, 0.2) is 30.9 Å². The van der Waals surface area contributed by atoms with Crippen molar-refractivity contribution in [1.29, 1.82) is 0 Å². The molecule has 5 rings (SSSR count). The molecule has 2 aliphatic heterocycles. The van der Waals surface area contributed by atoms with Crippen LogP contribution in [0.1, 0.15) is 28.6 Å². The Morgan fingerprint density at radius 2 is 2.03 bits per heavy atom. The lowest BCUT2D eigenvalue weighted by Gasteiger charge is -2.16. The van der Waals surface area contributed by atoms with E-state index in [1.807, 2.05) is 0 Å². The normalized spacial score (nSPS) is 23.2.